The summed E-state index contributed by atoms with van der Waals surface area (Å²) in [5.74, 6) is 0.525. The van der Waals surface area contributed by atoms with Crippen LogP contribution in [0.3, 0.4) is 0 Å². The topological polar surface area (TPSA) is 32.3 Å². The molecule has 0 heterocycles. The fourth-order valence-corrected chi connectivity index (χ4v) is 3.86. The summed E-state index contributed by atoms with van der Waals surface area (Å²) >= 11 is 0. The summed E-state index contributed by atoms with van der Waals surface area (Å²) in [4.78, 5) is 0. The number of hydrogen-bond acceptors (Lipinski definition) is 2. The van der Waals surface area contributed by atoms with Crippen molar-refractivity contribution in [2.24, 2.45) is 16.7 Å². The van der Waals surface area contributed by atoms with Gasteiger partial charge in [0.1, 0.15) is 0 Å². The van der Waals surface area contributed by atoms with Crippen LogP contribution in [0.15, 0.2) is 0 Å². The van der Waals surface area contributed by atoms with Crippen LogP contribution in [0, 0.1) is 16.7 Å². The monoisotopic (exact) mass is 211 g/mol. The minimum atomic E-state index is 0.294. The van der Waals surface area contributed by atoms with Gasteiger partial charge in [-0.1, -0.05) is 20.8 Å². The van der Waals surface area contributed by atoms with E-state index in [-0.39, 0.29) is 0 Å². The van der Waals surface area contributed by atoms with Crippen molar-refractivity contribution in [3.05, 3.63) is 0 Å². The molecule has 0 aromatic carbocycles. The minimum Gasteiger partial charge on any atom is -0.317 e. The summed E-state index contributed by atoms with van der Waals surface area (Å²) in [6.45, 7) is 6.86. The molecule has 0 amide bonds. The third kappa shape index (κ3) is 1.83. The van der Waals surface area contributed by atoms with Gasteiger partial charge in [-0.3, -0.25) is 0 Å². The Hall–Kier alpha value is -0.0800. The molecule has 0 aliphatic heterocycles. The summed E-state index contributed by atoms with van der Waals surface area (Å²) in [6, 6.07) is 0.294. The van der Waals surface area contributed by atoms with Gasteiger partial charge >= 0.3 is 0 Å². The quantitative estimate of drug-likeness (QED) is 0.702. The van der Waals surface area contributed by atoms with Crippen molar-refractivity contribution in [2.75, 3.05) is 0 Å². The molecule has 2 bridgehead atoms. The lowest BCUT2D eigenvalue weighted by Gasteiger charge is -2.56. The lowest BCUT2D eigenvalue weighted by atomic mass is 9.51. The van der Waals surface area contributed by atoms with Crippen molar-refractivity contribution >= 4 is 0 Å². The Labute approximate surface area is 93.4 Å². The van der Waals surface area contributed by atoms with E-state index in [1.54, 1.807) is 0 Å². The maximum Gasteiger partial charge on any atom is 0.0398 e. The Balaban J connectivity index is 2.14. The smallest absolute Gasteiger partial charge is 0.0398 e. The molecule has 3 aliphatic carbocycles. The standard InChI is InChI=1S/C13H25NO/c1-10(2)11(14-15)13-7-4-12(3,5-8-13)6-9-13/h10-11,14-15H,4-9H2,1-3H3. The molecule has 2 nitrogen and oxygen atoms in total. The molecule has 0 spiro atoms. The molecule has 88 valence electrons. The lowest BCUT2D eigenvalue weighted by molar-refractivity contribution is -0.0697. The highest BCUT2D eigenvalue weighted by molar-refractivity contribution is 5.02. The van der Waals surface area contributed by atoms with Crippen LogP contribution in [0.2, 0.25) is 0 Å². The van der Waals surface area contributed by atoms with Crippen molar-refractivity contribution in [3.8, 4) is 0 Å². The summed E-state index contributed by atoms with van der Waals surface area (Å²) in [6.07, 6.45) is 7.99. The minimum absolute atomic E-state index is 0.294. The highest BCUT2D eigenvalue weighted by atomic mass is 16.5. The second-order valence-corrected chi connectivity index (χ2v) is 6.52. The molecule has 3 rings (SSSR count). The molecule has 1 atom stereocenters. The molecule has 3 fully saturated rings. The van der Waals surface area contributed by atoms with E-state index < -0.39 is 0 Å². The molecule has 1 unspecified atom stereocenters. The normalized spacial score (nSPS) is 42.2. The second kappa shape index (κ2) is 3.74. The van der Waals surface area contributed by atoms with Gasteiger partial charge in [0.25, 0.3) is 0 Å². The Bertz CT molecular complexity index is 212. The van der Waals surface area contributed by atoms with E-state index in [4.69, 9.17) is 0 Å². The Morgan fingerprint density at radius 1 is 1.00 bits per heavy atom. The summed E-state index contributed by atoms with van der Waals surface area (Å²) < 4.78 is 0. The predicted molar refractivity (Wildman–Crippen MR) is 61.8 cm³/mol. The first kappa shape index (κ1) is 11.4. The summed E-state index contributed by atoms with van der Waals surface area (Å²) in [5.41, 5.74) is 3.61. The van der Waals surface area contributed by atoms with E-state index in [1.807, 2.05) is 0 Å². The van der Waals surface area contributed by atoms with Gasteiger partial charge in [0.2, 0.25) is 0 Å². The van der Waals surface area contributed by atoms with E-state index >= 15 is 0 Å². The van der Waals surface area contributed by atoms with Crippen molar-refractivity contribution in [1.82, 2.24) is 5.48 Å². The molecule has 0 aromatic heterocycles. The van der Waals surface area contributed by atoms with Crippen LogP contribution in [0.5, 0.6) is 0 Å². The zero-order valence-corrected chi connectivity index (χ0v) is 10.3. The highest BCUT2D eigenvalue weighted by Crippen LogP contribution is 2.58. The molecule has 0 radical (unpaired) electrons. The predicted octanol–water partition coefficient (Wildman–Crippen LogP) is 3.35. The van der Waals surface area contributed by atoms with Crippen molar-refractivity contribution in [2.45, 2.75) is 65.3 Å². The maximum absolute atomic E-state index is 9.38. The number of nitrogens with one attached hydrogen (secondary N) is 1. The van der Waals surface area contributed by atoms with Crippen molar-refractivity contribution in [3.63, 3.8) is 0 Å². The average molecular weight is 211 g/mol. The first-order valence-corrected chi connectivity index (χ1v) is 6.41. The average Bonchev–Trinajstić information content (AvgIpc) is 2.20. The lowest BCUT2D eigenvalue weighted by Crippen LogP contribution is -2.53. The maximum atomic E-state index is 9.38. The van der Waals surface area contributed by atoms with Crippen molar-refractivity contribution in [1.29, 1.82) is 0 Å². The number of hydrogen-bond donors (Lipinski definition) is 2. The van der Waals surface area contributed by atoms with Gasteiger partial charge in [-0.25, -0.2) is 5.48 Å². The Kier molecular flexibility index (Phi) is 2.85. The van der Waals surface area contributed by atoms with Crippen LogP contribution < -0.4 is 5.48 Å². The Morgan fingerprint density at radius 2 is 1.47 bits per heavy atom. The van der Waals surface area contributed by atoms with Crippen LogP contribution in [0.1, 0.15) is 59.3 Å². The van der Waals surface area contributed by atoms with Gasteiger partial charge in [-0.15, -0.1) is 0 Å². The van der Waals surface area contributed by atoms with Crippen LogP contribution in [0.4, 0.5) is 0 Å². The van der Waals surface area contributed by atoms with Gasteiger partial charge in [-0.05, 0) is 55.3 Å². The van der Waals surface area contributed by atoms with Gasteiger partial charge in [-0.2, -0.15) is 0 Å². The van der Waals surface area contributed by atoms with Crippen LogP contribution in [-0.2, 0) is 0 Å². The number of hydroxylamine groups is 1. The van der Waals surface area contributed by atoms with E-state index in [9.17, 15) is 5.21 Å². The molecule has 3 aliphatic rings. The molecule has 2 heteroatoms. The van der Waals surface area contributed by atoms with E-state index in [0.717, 1.165) is 0 Å². The van der Waals surface area contributed by atoms with Crippen LogP contribution in [-0.4, -0.2) is 11.2 Å². The fraction of sp³-hybridized carbons (Fsp3) is 1.00. The Morgan fingerprint density at radius 3 is 1.80 bits per heavy atom. The van der Waals surface area contributed by atoms with Gasteiger partial charge < -0.3 is 5.21 Å². The van der Waals surface area contributed by atoms with Gasteiger partial charge in [0.05, 0.1) is 0 Å². The largest absolute Gasteiger partial charge is 0.317 e. The summed E-state index contributed by atoms with van der Waals surface area (Å²) in [5, 5.41) is 9.38. The molecule has 2 N–H and O–H groups in total. The zero-order chi connectivity index (χ0) is 11.1. The highest BCUT2D eigenvalue weighted by Gasteiger charge is 2.50. The van der Waals surface area contributed by atoms with E-state index in [2.05, 4.69) is 26.3 Å². The molecule has 0 saturated heterocycles. The molecule has 15 heavy (non-hydrogen) atoms. The van der Waals surface area contributed by atoms with Crippen LogP contribution >= 0.6 is 0 Å². The fourth-order valence-electron chi connectivity index (χ4n) is 3.86. The van der Waals surface area contributed by atoms with Crippen LogP contribution in [0.25, 0.3) is 0 Å². The first-order chi connectivity index (χ1) is 7.01. The third-order valence-electron chi connectivity index (χ3n) is 5.14. The van der Waals surface area contributed by atoms with Crippen molar-refractivity contribution < 1.29 is 5.21 Å². The third-order valence-corrected chi connectivity index (χ3v) is 5.14. The molecule has 3 saturated carbocycles. The van der Waals surface area contributed by atoms with E-state index in [0.29, 0.717) is 22.8 Å². The second-order valence-electron chi connectivity index (χ2n) is 6.52. The van der Waals surface area contributed by atoms with E-state index in [1.165, 1.54) is 38.5 Å². The first-order valence-electron chi connectivity index (χ1n) is 6.41. The van der Waals surface area contributed by atoms with Gasteiger partial charge in [0, 0.05) is 6.04 Å². The summed E-state index contributed by atoms with van der Waals surface area (Å²) in [7, 11) is 0. The number of fused-ring (bicyclic) bond motifs is 3. The SMILES string of the molecule is CC(C)C(NO)C12CCC(C)(CC1)CC2. The number of rotatable bonds is 3. The molecular weight excluding hydrogens is 186 g/mol. The molecular formula is C13H25NO. The zero-order valence-electron chi connectivity index (χ0n) is 10.3. The van der Waals surface area contributed by atoms with Gasteiger partial charge in [0.15, 0.2) is 0 Å². The molecule has 0 aromatic rings.